The van der Waals surface area contributed by atoms with Crippen LogP contribution in [0.5, 0.6) is 11.5 Å². The summed E-state index contributed by atoms with van der Waals surface area (Å²) in [5, 5.41) is 0. The van der Waals surface area contributed by atoms with Crippen molar-refractivity contribution in [1.29, 1.82) is 0 Å². The van der Waals surface area contributed by atoms with Gasteiger partial charge in [0.05, 0.1) is 29.7 Å². The fourth-order valence-corrected chi connectivity index (χ4v) is 6.11. The van der Waals surface area contributed by atoms with Crippen LogP contribution in [-0.4, -0.2) is 37.9 Å². The fourth-order valence-electron chi connectivity index (χ4n) is 4.70. The smallest absolute Gasteiger partial charge is 0.325 e. The van der Waals surface area contributed by atoms with Gasteiger partial charge in [-0.25, -0.2) is 0 Å². The van der Waals surface area contributed by atoms with Crippen molar-refractivity contribution in [3.05, 3.63) is 70.8 Å². The molecule has 0 saturated carbocycles. The molecule has 0 radical (unpaired) electrons. The second-order valence-corrected chi connectivity index (χ2v) is 13.6. The molecule has 0 atom stereocenters. The maximum Gasteiger partial charge on any atom is 0.325 e. The molecular formula is C26H33NO7P2. The largest absolute Gasteiger partial charge is 0.453 e. The summed E-state index contributed by atoms with van der Waals surface area (Å²) in [7, 11) is -8.56. The predicted molar refractivity (Wildman–Crippen MR) is 142 cm³/mol. The van der Waals surface area contributed by atoms with Crippen LogP contribution in [-0.2, 0) is 9.13 Å². The highest BCUT2D eigenvalue weighted by atomic mass is 31.2. The van der Waals surface area contributed by atoms with E-state index < -0.39 is 20.6 Å². The molecule has 0 unspecified atom stereocenters. The Morgan fingerprint density at radius 1 is 0.750 bits per heavy atom. The molecule has 0 bridgehead atoms. The quantitative estimate of drug-likeness (QED) is 0.261. The van der Waals surface area contributed by atoms with E-state index in [4.69, 9.17) is 4.74 Å². The highest BCUT2D eigenvalue weighted by Gasteiger charge is 2.35. The molecule has 0 fully saturated rings. The first-order valence-corrected chi connectivity index (χ1v) is 15.4. The molecule has 2 aliphatic rings. The number of allylic oxidation sites excluding steroid dienone is 2. The van der Waals surface area contributed by atoms with E-state index in [1.165, 1.54) is 0 Å². The number of hydrogen-bond donors (Lipinski definition) is 4. The molecule has 2 aromatic carbocycles. The van der Waals surface area contributed by atoms with E-state index in [-0.39, 0.29) is 31.2 Å². The minimum atomic E-state index is -4.28. The number of fused-ring (bicyclic) bond motifs is 2. The van der Waals surface area contributed by atoms with Gasteiger partial charge in [-0.05, 0) is 87.1 Å². The normalized spacial score (nSPS) is 17.1. The first kappa shape index (κ1) is 26.9. The highest BCUT2D eigenvalue weighted by Crippen LogP contribution is 2.51. The number of anilines is 2. The molecule has 0 aromatic heterocycles. The minimum Gasteiger partial charge on any atom is -0.453 e. The molecule has 36 heavy (non-hydrogen) atoms. The van der Waals surface area contributed by atoms with Gasteiger partial charge in [0.15, 0.2) is 11.5 Å². The average molecular weight is 533 g/mol. The second-order valence-electron chi connectivity index (χ2n) is 10.00. The van der Waals surface area contributed by atoms with Gasteiger partial charge in [-0.1, -0.05) is 24.3 Å². The Balaban J connectivity index is 1.75. The average Bonchev–Trinajstić information content (AvgIpc) is 2.77. The molecule has 10 heteroatoms. The van der Waals surface area contributed by atoms with Gasteiger partial charge < -0.3 is 29.2 Å². The van der Waals surface area contributed by atoms with E-state index in [0.717, 1.165) is 45.1 Å². The van der Waals surface area contributed by atoms with Gasteiger partial charge >= 0.3 is 15.2 Å². The van der Waals surface area contributed by atoms with Crippen molar-refractivity contribution in [2.45, 2.75) is 46.6 Å². The van der Waals surface area contributed by atoms with Crippen LogP contribution < -0.4 is 9.64 Å². The van der Waals surface area contributed by atoms with Crippen LogP contribution in [0.4, 0.5) is 11.4 Å². The number of rotatable bonds is 7. The predicted octanol–water partition coefficient (Wildman–Crippen LogP) is 5.78. The molecule has 4 N–H and O–H groups in total. The highest BCUT2D eigenvalue weighted by molar-refractivity contribution is 7.52. The summed E-state index contributed by atoms with van der Waals surface area (Å²) in [6.45, 7) is 8.17. The summed E-state index contributed by atoms with van der Waals surface area (Å²) in [5.41, 5.74) is 5.43. The Morgan fingerprint density at radius 3 is 1.53 bits per heavy atom. The van der Waals surface area contributed by atoms with E-state index >= 15 is 0 Å². The molecular weight excluding hydrogens is 500 g/mol. The Labute approximate surface area is 211 Å². The third kappa shape index (κ3) is 5.86. The number of benzene rings is 2. The molecule has 2 aromatic rings. The molecule has 194 valence electrons. The van der Waals surface area contributed by atoms with Crippen LogP contribution in [0.1, 0.15) is 35.1 Å². The molecule has 8 nitrogen and oxygen atoms in total. The van der Waals surface area contributed by atoms with E-state index in [9.17, 15) is 28.7 Å². The van der Waals surface area contributed by atoms with Gasteiger partial charge in [0.25, 0.3) is 0 Å². The van der Waals surface area contributed by atoms with Crippen molar-refractivity contribution in [3.8, 4) is 11.5 Å². The zero-order chi connectivity index (χ0) is 26.5. The Kier molecular flexibility index (Phi) is 7.17. The zero-order valence-corrected chi connectivity index (χ0v) is 22.7. The summed E-state index contributed by atoms with van der Waals surface area (Å²) in [6.07, 6.45) is 7.03. The Bertz CT molecular complexity index is 1240. The standard InChI is InChI=1S/C26H33NO7P2/c1-17-13-22-24(15-19(17)3)34-25-16-20(4)18(2)14-23(25)27(22)21-5-7-26(8-6-21,9-11-35(28,29)30)10-12-36(31,32)33/h5-8,13-16,21H,9-12H2,1-4H3,(H2,28,29,30)(H2,31,32,33). The summed E-state index contributed by atoms with van der Waals surface area (Å²) in [6, 6.07) is 8.00. The molecule has 0 spiro atoms. The molecule has 1 aliphatic heterocycles. The van der Waals surface area contributed by atoms with E-state index in [2.05, 4.69) is 17.0 Å². The molecule has 0 amide bonds. The lowest BCUT2D eigenvalue weighted by atomic mass is 9.78. The number of nitrogens with zero attached hydrogens (tertiary/aromatic N) is 1. The van der Waals surface area contributed by atoms with Crippen LogP contribution in [0.25, 0.3) is 0 Å². The van der Waals surface area contributed by atoms with Gasteiger partial charge in [-0.15, -0.1) is 0 Å². The number of ether oxygens (including phenoxy) is 1. The molecule has 1 aliphatic carbocycles. The van der Waals surface area contributed by atoms with Gasteiger partial charge in [0.2, 0.25) is 0 Å². The lowest BCUT2D eigenvalue weighted by Crippen LogP contribution is -2.34. The maximum atomic E-state index is 11.6. The van der Waals surface area contributed by atoms with Gasteiger partial charge in [-0.3, -0.25) is 9.13 Å². The van der Waals surface area contributed by atoms with Gasteiger partial charge in [0, 0.05) is 5.41 Å². The monoisotopic (exact) mass is 533 g/mol. The Morgan fingerprint density at radius 2 is 1.14 bits per heavy atom. The van der Waals surface area contributed by atoms with Crippen molar-refractivity contribution < 1.29 is 33.4 Å². The number of aryl methyl sites for hydroxylation is 4. The van der Waals surface area contributed by atoms with Crippen LogP contribution in [0.3, 0.4) is 0 Å². The van der Waals surface area contributed by atoms with Crippen molar-refractivity contribution in [1.82, 2.24) is 0 Å². The third-order valence-corrected chi connectivity index (χ3v) is 8.79. The van der Waals surface area contributed by atoms with Crippen molar-refractivity contribution in [2.24, 2.45) is 5.41 Å². The summed E-state index contributed by atoms with van der Waals surface area (Å²) >= 11 is 0. The van der Waals surface area contributed by atoms with Crippen LogP contribution in [0.15, 0.2) is 48.6 Å². The van der Waals surface area contributed by atoms with Crippen molar-refractivity contribution >= 4 is 26.6 Å². The van der Waals surface area contributed by atoms with E-state index in [0.29, 0.717) is 0 Å². The van der Waals surface area contributed by atoms with E-state index in [1.54, 1.807) is 0 Å². The zero-order valence-electron chi connectivity index (χ0n) is 20.9. The van der Waals surface area contributed by atoms with Crippen molar-refractivity contribution in [2.75, 3.05) is 17.2 Å². The topological polar surface area (TPSA) is 128 Å². The first-order chi connectivity index (χ1) is 16.7. The van der Waals surface area contributed by atoms with Crippen molar-refractivity contribution in [3.63, 3.8) is 0 Å². The second kappa shape index (κ2) is 9.60. The third-order valence-electron chi connectivity index (χ3n) is 7.18. The summed E-state index contributed by atoms with van der Waals surface area (Å²) in [4.78, 5) is 40.0. The van der Waals surface area contributed by atoms with Crippen LogP contribution in [0.2, 0.25) is 0 Å². The Hall–Kier alpha value is -2.18. The van der Waals surface area contributed by atoms with E-state index in [1.807, 2.05) is 64.1 Å². The number of hydrogen-bond acceptors (Lipinski definition) is 4. The van der Waals surface area contributed by atoms with Gasteiger partial charge in [-0.2, -0.15) is 0 Å². The fraction of sp³-hybridized carbons (Fsp3) is 0.385. The maximum absolute atomic E-state index is 11.6. The summed E-state index contributed by atoms with van der Waals surface area (Å²) < 4.78 is 29.5. The van der Waals surface area contributed by atoms with Crippen LogP contribution >= 0.6 is 15.2 Å². The van der Waals surface area contributed by atoms with Gasteiger partial charge in [0.1, 0.15) is 0 Å². The lowest BCUT2D eigenvalue weighted by Gasteiger charge is -2.40. The SMILES string of the molecule is Cc1cc2c(cc1C)N(C1C=CC(CCP(=O)(O)O)(CCP(=O)(O)O)C=C1)c1cc(C)c(C)cc1O2. The lowest BCUT2D eigenvalue weighted by molar-refractivity contribution is 0.347. The molecule has 1 heterocycles. The molecule has 0 saturated heterocycles. The summed E-state index contributed by atoms with van der Waals surface area (Å²) in [5.74, 6) is 1.49. The molecule has 4 rings (SSSR count). The first-order valence-electron chi connectivity index (χ1n) is 11.8. The van der Waals surface area contributed by atoms with Crippen LogP contribution in [0, 0.1) is 33.1 Å². The minimum absolute atomic E-state index is 0.0872.